The molecule has 86 valence electrons. The van der Waals surface area contributed by atoms with Crippen LogP contribution in [0, 0.1) is 0 Å². The third-order valence-corrected chi connectivity index (χ3v) is 3.08. The minimum Gasteiger partial charge on any atom is -0.354 e. The van der Waals surface area contributed by atoms with Crippen molar-refractivity contribution in [1.82, 2.24) is 4.57 Å². The Morgan fingerprint density at radius 2 is 1.80 bits per heavy atom. The second kappa shape index (κ2) is 6.71. The average molecular weight is 207 g/mol. The lowest BCUT2D eigenvalue weighted by molar-refractivity contribution is 0.660. The third-order valence-electron chi connectivity index (χ3n) is 3.08. The molecule has 0 amide bonds. The van der Waals surface area contributed by atoms with Crippen LogP contribution in [0.2, 0.25) is 0 Å². The van der Waals surface area contributed by atoms with Crippen LogP contribution >= 0.6 is 0 Å². The maximum atomic E-state index is 2.30. The summed E-state index contributed by atoms with van der Waals surface area (Å²) in [6.45, 7) is 4.53. The minimum absolute atomic E-state index is 1.23. The first-order chi connectivity index (χ1) is 7.29. The van der Waals surface area contributed by atoms with Gasteiger partial charge in [0.05, 0.1) is 0 Å². The molecule has 0 fully saturated rings. The van der Waals surface area contributed by atoms with Crippen LogP contribution in [0.3, 0.4) is 0 Å². The molecule has 0 saturated carbocycles. The highest BCUT2D eigenvalue weighted by molar-refractivity contribution is 5.22. The Morgan fingerprint density at radius 3 is 2.47 bits per heavy atom. The van der Waals surface area contributed by atoms with Crippen molar-refractivity contribution in [2.75, 3.05) is 0 Å². The fraction of sp³-hybridized carbons (Fsp3) is 0.714. The van der Waals surface area contributed by atoms with Gasteiger partial charge in [-0.2, -0.15) is 0 Å². The first-order valence-electron chi connectivity index (χ1n) is 6.42. The molecular weight excluding hydrogens is 182 g/mol. The average Bonchev–Trinajstić information content (AvgIpc) is 2.57. The molecule has 0 aliphatic heterocycles. The van der Waals surface area contributed by atoms with Crippen LogP contribution in [0.4, 0.5) is 0 Å². The Kier molecular flexibility index (Phi) is 5.52. The number of hydrogen-bond donors (Lipinski definition) is 0. The van der Waals surface area contributed by atoms with Gasteiger partial charge in [0, 0.05) is 18.9 Å². The lowest BCUT2D eigenvalue weighted by Crippen LogP contribution is -1.98. The molecular formula is C14H25N. The van der Waals surface area contributed by atoms with Crippen LogP contribution < -0.4 is 0 Å². The normalized spacial score (nSPS) is 10.9. The number of aromatic nitrogens is 1. The summed E-state index contributed by atoms with van der Waals surface area (Å²) < 4.78 is 2.29. The molecule has 0 aromatic carbocycles. The van der Waals surface area contributed by atoms with Gasteiger partial charge in [0.2, 0.25) is 0 Å². The van der Waals surface area contributed by atoms with Crippen molar-refractivity contribution in [2.24, 2.45) is 7.05 Å². The first kappa shape index (κ1) is 12.4. The Hall–Kier alpha value is -0.720. The van der Waals surface area contributed by atoms with Gasteiger partial charge in [0.1, 0.15) is 0 Å². The molecule has 0 saturated heterocycles. The van der Waals surface area contributed by atoms with Crippen LogP contribution in [-0.4, -0.2) is 4.57 Å². The van der Waals surface area contributed by atoms with Gasteiger partial charge in [0.15, 0.2) is 0 Å². The maximum Gasteiger partial charge on any atom is 0.0203 e. The quantitative estimate of drug-likeness (QED) is 0.593. The Bertz CT molecular complexity index is 273. The minimum atomic E-state index is 1.23. The molecule has 0 N–H and O–H groups in total. The van der Waals surface area contributed by atoms with Crippen molar-refractivity contribution in [1.29, 1.82) is 0 Å². The summed E-state index contributed by atoms with van der Waals surface area (Å²) in [7, 11) is 2.17. The van der Waals surface area contributed by atoms with E-state index in [0.29, 0.717) is 0 Å². The zero-order chi connectivity index (χ0) is 11.1. The zero-order valence-corrected chi connectivity index (χ0v) is 10.6. The fourth-order valence-corrected chi connectivity index (χ4v) is 2.16. The van der Waals surface area contributed by atoms with Crippen molar-refractivity contribution in [3.05, 3.63) is 23.5 Å². The Morgan fingerprint density at radius 1 is 1.00 bits per heavy atom. The molecule has 1 heterocycles. The molecule has 0 aliphatic carbocycles. The molecule has 1 heteroatoms. The van der Waals surface area contributed by atoms with E-state index in [4.69, 9.17) is 0 Å². The van der Waals surface area contributed by atoms with E-state index in [9.17, 15) is 0 Å². The van der Waals surface area contributed by atoms with Crippen LogP contribution in [0.1, 0.15) is 57.2 Å². The van der Waals surface area contributed by atoms with Gasteiger partial charge in [-0.05, 0) is 30.9 Å². The van der Waals surface area contributed by atoms with Gasteiger partial charge in [0.25, 0.3) is 0 Å². The maximum absolute atomic E-state index is 2.30. The van der Waals surface area contributed by atoms with Gasteiger partial charge in [-0.1, -0.05) is 39.5 Å². The second-order valence-electron chi connectivity index (χ2n) is 4.46. The van der Waals surface area contributed by atoms with E-state index in [1.54, 1.807) is 11.3 Å². The monoisotopic (exact) mass is 207 g/mol. The van der Waals surface area contributed by atoms with Gasteiger partial charge in [-0.15, -0.1) is 0 Å². The van der Waals surface area contributed by atoms with Crippen molar-refractivity contribution in [3.63, 3.8) is 0 Å². The van der Waals surface area contributed by atoms with E-state index in [0.717, 1.165) is 0 Å². The molecule has 1 aromatic rings. The molecule has 0 aliphatic rings. The van der Waals surface area contributed by atoms with E-state index in [1.165, 1.54) is 44.9 Å². The van der Waals surface area contributed by atoms with Crippen LogP contribution in [-0.2, 0) is 19.9 Å². The fourth-order valence-electron chi connectivity index (χ4n) is 2.16. The third kappa shape index (κ3) is 3.73. The number of rotatable bonds is 7. The van der Waals surface area contributed by atoms with E-state index in [-0.39, 0.29) is 0 Å². The standard InChI is InChI=1S/C14H25N/c1-4-6-7-8-10-13-11-12-15(3)14(13)9-5-2/h11-12H,4-10H2,1-3H3. The first-order valence-corrected chi connectivity index (χ1v) is 6.42. The van der Waals surface area contributed by atoms with Gasteiger partial charge in [-0.3, -0.25) is 0 Å². The number of hydrogen-bond acceptors (Lipinski definition) is 0. The number of aryl methyl sites for hydroxylation is 2. The summed E-state index contributed by atoms with van der Waals surface area (Å²) in [5.74, 6) is 0. The molecule has 1 rings (SSSR count). The largest absolute Gasteiger partial charge is 0.354 e. The van der Waals surface area contributed by atoms with E-state index in [1.807, 2.05) is 0 Å². The summed E-state index contributed by atoms with van der Waals surface area (Å²) in [5.41, 5.74) is 3.13. The summed E-state index contributed by atoms with van der Waals surface area (Å²) in [6.07, 6.45) is 11.4. The SMILES string of the molecule is CCCCCCc1ccn(C)c1CCC. The molecule has 0 spiro atoms. The topological polar surface area (TPSA) is 4.93 Å². The van der Waals surface area contributed by atoms with Gasteiger partial charge >= 0.3 is 0 Å². The second-order valence-corrected chi connectivity index (χ2v) is 4.46. The highest BCUT2D eigenvalue weighted by atomic mass is 14.9. The molecule has 0 radical (unpaired) electrons. The van der Waals surface area contributed by atoms with Crippen LogP contribution in [0.15, 0.2) is 12.3 Å². The summed E-state index contributed by atoms with van der Waals surface area (Å²) in [4.78, 5) is 0. The van der Waals surface area contributed by atoms with E-state index < -0.39 is 0 Å². The lowest BCUT2D eigenvalue weighted by atomic mass is 10.0. The molecule has 1 nitrogen and oxygen atoms in total. The summed E-state index contributed by atoms with van der Waals surface area (Å²) in [5, 5.41) is 0. The molecule has 1 aromatic heterocycles. The van der Waals surface area contributed by atoms with Gasteiger partial charge in [-0.25, -0.2) is 0 Å². The zero-order valence-electron chi connectivity index (χ0n) is 10.6. The predicted molar refractivity (Wildman–Crippen MR) is 67.3 cm³/mol. The molecule has 0 bridgehead atoms. The van der Waals surface area contributed by atoms with Crippen LogP contribution in [0.5, 0.6) is 0 Å². The Balaban J connectivity index is 2.45. The predicted octanol–water partition coefficient (Wildman–Crippen LogP) is 4.10. The van der Waals surface area contributed by atoms with Gasteiger partial charge < -0.3 is 4.57 Å². The van der Waals surface area contributed by atoms with Crippen molar-refractivity contribution < 1.29 is 0 Å². The van der Waals surface area contributed by atoms with Crippen molar-refractivity contribution in [2.45, 2.75) is 58.8 Å². The molecule has 0 unspecified atom stereocenters. The highest BCUT2D eigenvalue weighted by Gasteiger charge is 2.05. The highest BCUT2D eigenvalue weighted by Crippen LogP contribution is 2.15. The molecule has 15 heavy (non-hydrogen) atoms. The number of unbranched alkanes of at least 4 members (excludes halogenated alkanes) is 3. The van der Waals surface area contributed by atoms with Crippen LogP contribution in [0.25, 0.3) is 0 Å². The van der Waals surface area contributed by atoms with E-state index in [2.05, 4.69) is 37.7 Å². The van der Waals surface area contributed by atoms with Crippen molar-refractivity contribution >= 4 is 0 Å². The lowest BCUT2D eigenvalue weighted by Gasteiger charge is -2.06. The summed E-state index contributed by atoms with van der Waals surface area (Å²) >= 11 is 0. The smallest absolute Gasteiger partial charge is 0.0203 e. The molecule has 0 atom stereocenters. The van der Waals surface area contributed by atoms with Crippen molar-refractivity contribution in [3.8, 4) is 0 Å². The van der Waals surface area contributed by atoms with E-state index >= 15 is 0 Å². The summed E-state index contributed by atoms with van der Waals surface area (Å²) in [6, 6.07) is 2.30. The number of nitrogens with zero attached hydrogens (tertiary/aromatic N) is 1. The Labute approximate surface area is 94.5 Å².